The highest BCUT2D eigenvalue weighted by molar-refractivity contribution is 7.09. The largest absolute Gasteiger partial charge is 0.331 e. The fourth-order valence-corrected chi connectivity index (χ4v) is 2.12. The Balaban J connectivity index is 2.08. The van der Waals surface area contributed by atoms with Crippen LogP contribution in [0.2, 0.25) is 0 Å². The lowest BCUT2D eigenvalue weighted by Crippen LogP contribution is -2.34. The minimum Gasteiger partial charge on any atom is -0.269 e. The number of hydrogen-bond acceptors (Lipinski definition) is 5. The van der Waals surface area contributed by atoms with E-state index in [1.165, 1.54) is 11.3 Å². The van der Waals surface area contributed by atoms with E-state index in [1.54, 1.807) is 6.20 Å². The van der Waals surface area contributed by atoms with Gasteiger partial charge in [-0.15, -0.1) is 11.3 Å². The van der Waals surface area contributed by atoms with Gasteiger partial charge in [-0.1, -0.05) is 6.92 Å². The molecule has 1 aromatic heterocycles. The van der Waals surface area contributed by atoms with E-state index in [-0.39, 0.29) is 12.5 Å². The van der Waals surface area contributed by atoms with E-state index in [0.717, 1.165) is 9.91 Å². The van der Waals surface area contributed by atoms with Crippen LogP contribution in [0.15, 0.2) is 11.6 Å². The fourth-order valence-electron chi connectivity index (χ4n) is 1.43. The Morgan fingerprint density at radius 2 is 2.25 bits per heavy atom. The Labute approximate surface area is 95.3 Å². The van der Waals surface area contributed by atoms with E-state index in [4.69, 9.17) is 0 Å². The lowest BCUT2D eigenvalue weighted by Gasteiger charge is -2.15. The van der Waals surface area contributed by atoms with Crippen LogP contribution in [0.5, 0.6) is 0 Å². The molecule has 6 nitrogen and oxygen atoms in total. The lowest BCUT2D eigenvalue weighted by atomic mass is 10.2. The van der Waals surface area contributed by atoms with Gasteiger partial charge >= 0.3 is 17.8 Å². The summed E-state index contributed by atoms with van der Waals surface area (Å²) in [5.41, 5.74) is 0. The molecule has 0 aromatic carbocycles. The minimum absolute atomic E-state index is 0.0689. The third kappa shape index (κ3) is 1.81. The van der Waals surface area contributed by atoms with Crippen LogP contribution in [-0.2, 0) is 9.59 Å². The molecule has 1 saturated heterocycles. The number of nitrogens with zero attached hydrogens (tertiary/aromatic N) is 2. The number of urea groups is 1. The third-order valence-electron chi connectivity index (χ3n) is 2.23. The second-order valence-electron chi connectivity index (χ2n) is 3.45. The van der Waals surface area contributed by atoms with Gasteiger partial charge < -0.3 is 0 Å². The van der Waals surface area contributed by atoms with Crippen LogP contribution in [0.25, 0.3) is 0 Å². The maximum absolute atomic E-state index is 11.3. The summed E-state index contributed by atoms with van der Waals surface area (Å²) in [6.07, 6.45) is 1.66. The Kier molecular flexibility index (Phi) is 2.69. The second kappa shape index (κ2) is 4.01. The van der Waals surface area contributed by atoms with Crippen molar-refractivity contribution in [1.29, 1.82) is 0 Å². The van der Waals surface area contributed by atoms with Crippen LogP contribution in [0.3, 0.4) is 0 Å². The molecule has 1 aromatic rings. The Morgan fingerprint density at radius 3 is 2.75 bits per heavy atom. The molecule has 1 atom stereocenters. The van der Waals surface area contributed by atoms with Crippen LogP contribution in [0.4, 0.5) is 4.79 Å². The van der Waals surface area contributed by atoms with Crippen LogP contribution >= 0.6 is 11.3 Å². The van der Waals surface area contributed by atoms with Crippen molar-refractivity contribution in [2.45, 2.75) is 12.8 Å². The topological polar surface area (TPSA) is 79.4 Å². The summed E-state index contributed by atoms with van der Waals surface area (Å²) >= 11 is 1.45. The molecule has 0 saturated carbocycles. The van der Waals surface area contributed by atoms with Crippen molar-refractivity contribution in [2.75, 3.05) is 6.54 Å². The number of aromatic nitrogens is 1. The average molecular weight is 239 g/mol. The van der Waals surface area contributed by atoms with Gasteiger partial charge in [-0.3, -0.25) is 19.8 Å². The highest BCUT2D eigenvalue weighted by atomic mass is 32.1. The molecular weight excluding hydrogens is 230 g/mol. The van der Waals surface area contributed by atoms with Crippen molar-refractivity contribution >= 4 is 29.2 Å². The maximum Gasteiger partial charge on any atom is 0.331 e. The number of rotatable bonds is 3. The van der Waals surface area contributed by atoms with Crippen molar-refractivity contribution in [2.24, 2.45) is 0 Å². The Hall–Kier alpha value is -1.76. The Morgan fingerprint density at radius 1 is 1.50 bits per heavy atom. The van der Waals surface area contributed by atoms with Crippen molar-refractivity contribution in [1.82, 2.24) is 15.2 Å². The first-order chi connectivity index (χ1) is 7.59. The smallest absolute Gasteiger partial charge is 0.269 e. The van der Waals surface area contributed by atoms with Crippen LogP contribution < -0.4 is 5.32 Å². The molecule has 2 rings (SSSR count). The zero-order valence-electron chi connectivity index (χ0n) is 8.47. The van der Waals surface area contributed by atoms with Crippen molar-refractivity contribution in [3.63, 3.8) is 0 Å². The lowest BCUT2D eigenvalue weighted by molar-refractivity contribution is -0.140. The first-order valence-corrected chi connectivity index (χ1v) is 5.53. The standard InChI is InChI=1S/C9H9N3O3S/c1-5(7-10-2-3-16-7)4-12-8(14)6(13)11-9(12)15/h2-3,5H,4H2,1H3,(H,11,13,15). The van der Waals surface area contributed by atoms with Gasteiger partial charge in [0, 0.05) is 24.0 Å². The number of amides is 4. The predicted octanol–water partition coefficient (Wildman–Crippen LogP) is 0.325. The van der Waals surface area contributed by atoms with Gasteiger partial charge in [-0.2, -0.15) is 0 Å². The van der Waals surface area contributed by atoms with Crippen LogP contribution in [0.1, 0.15) is 17.8 Å². The van der Waals surface area contributed by atoms with Gasteiger partial charge in [-0.05, 0) is 0 Å². The number of thiazole rings is 1. The molecule has 7 heteroatoms. The SMILES string of the molecule is CC(CN1C(=O)NC(=O)C1=O)c1nccs1. The predicted molar refractivity (Wildman–Crippen MR) is 55.8 cm³/mol. The first-order valence-electron chi connectivity index (χ1n) is 4.66. The molecule has 16 heavy (non-hydrogen) atoms. The van der Waals surface area contributed by atoms with E-state index in [2.05, 4.69) is 4.98 Å². The van der Waals surface area contributed by atoms with E-state index in [9.17, 15) is 14.4 Å². The molecule has 1 N–H and O–H groups in total. The first kappa shape index (κ1) is 10.7. The average Bonchev–Trinajstić information content (AvgIpc) is 2.83. The summed E-state index contributed by atoms with van der Waals surface area (Å²) in [5, 5.41) is 4.60. The molecule has 0 radical (unpaired) electrons. The number of hydrogen-bond donors (Lipinski definition) is 1. The molecule has 1 aliphatic rings. The molecular formula is C9H9N3O3S. The zero-order valence-corrected chi connectivity index (χ0v) is 9.28. The van der Waals surface area contributed by atoms with Gasteiger partial charge in [0.25, 0.3) is 0 Å². The zero-order chi connectivity index (χ0) is 11.7. The molecule has 1 unspecified atom stereocenters. The number of imide groups is 2. The van der Waals surface area contributed by atoms with E-state index < -0.39 is 17.8 Å². The Bertz CT molecular complexity index is 443. The summed E-state index contributed by atoms with van der Waals surface area (Å²) in [6.45, 7) is 2.02. The minimum atomic E-state index is -0.865. The highest BCUT2D eigenvalue weighted by Crippen LogP contribution is 2.19. The van der Waals surface area contributed by atoms with E-state index >= 15 is 0 Å². The third-order valence-corrected chi connectivity index (χ3v) is 3.24. The molecule has 4 amide bonds. The van der Waals surface area contributed by atoms with Gasteiger partial charge in [0.05, 0.1) is 5.01 Å². The molecule has 0 spiro atoms. The molecule has 1 fully saturated rings. The van der Waals surface area contributed by atoms with Crippen molar-refractivity contribution in [3.05, 3.63) is 16.6 Å². The molecule has 84 valence electrons. The number of nitrogens with one attached hydrogen (secondary N) is 1. The van der Waals surface area contributed by atoms with Gasteiger partial charge in [-0.25, -0.2) is 9.78 Å². The highest BCUT2D eigenvalue weighted by Gasteiger charge is 2.37. The molecule has 1 aliphatic heterocycles. The molecule has 0 aliphatic carbocycles. The fraction of sp³-hybridized carbons (Fsp3) is 0.333. The summed E-state index contributed by atoms with van der Waals surface area (Å²) in [5.74, 6) is -1.73. The summed E-state index contributed by atoms with van der Waals surface area (Å²) < 4.78 is 0. The maximum atomic E-state index is 11.3. The summed E-state index contributed by atoms with van der Waals surface area (Å²) in [4.78, 5) is 38.5. The number of carbonyl (C=O) groups excluding carboxylic acids is 3. The van der Waals surface area contributed by atoms with Crippen LogP contribution in [0, 0.1) is 0 Å². The molecule has 2 heterocycles. The number of carbonyl (C=O) groups is 3. The van der Waals surface area contributed by atoms with Crippen molar-refractivity contribution < 1.29 is 14.4 Å². The van der Waals surface area contributed by atoms with Gasteiger partial charge in [0.1, 0.15) is 0 Å². The van der Waals surface area contributed by atoms with E-state index in [1.807, 2.05) is 17.6 Å². The second-order valence-corrected chi connectivity index (χ2v) is 4.37. The summed E-state index contributed by atoms with van der Waals surface area (Å²) in [6, 6.07) is -0.654. The summed E-state index contributed by atoms with van der Waals surface area (Å²) in [7, 11) is 0. The normalized spacial score (nSPS) is 17.8. The van der Waals surface area contributed by atoms with Gasteiger partial charge in [0.15, 0.2) is 0 Å². The van der Waals surface area contributed by atoms with E-state index in [0.29, 0.717) is 0 Å². The van der Waals surface area contributed by atoms with Crippen molar-refractivity contribution in [3.8, 4) is 0 Å². The van der Waals surface area contributed by atoms with Crippen LogP contribution in [-0.4, -0.2) is 34.3 Å². The quantitative estimate of drug-likeness (QED) is 0.608. The monoisotopic (exact) mass is 239 g/mol. The van der Waals surface area contributed by atoms with Gasteiger partial charge in [0.2, 0.25) is 0 Å². The molecule has 0 bridgehead atoms.